The molecule has 1 heterocycles. The largest absolute Gasteiger partial charge is 0.379 e. The lowest BCUT2D eigenvalue weighted by molar-refractivity contribution is -0.384. The minimum absolute atomic E-state index is 0.0400. The van der Waals surface area contributed by atoms with Gasteiger partial charge in [-0.05, 0) is 50.4 Å². The fourth-order valence-corrected chi connectivity index (χ4v) is 2.57. The number of anilines is 1. The molecule has 2 rings (SSSR count). The van der Waals surface area contributed by atoms with E-state index in [9.17, 15) is 14.9 Å². The number of nitrogens with one attached hydrogen (secondary N) is 2. The number of nitro benzene ring substituents is 1. The lowest BCUT2D eigenvalue weighted by Gasteiger charge is -2.22. The molecular formula is C14H20N4O3. The first kappa shape index (κ1) is 15.2. The van der Waals surface area contributed by atoms with Gasteiger partial charge < -0.3 is 16.4 Å². The minimum atomic E-state index is -0.593. The van der Waals surface area contributed by atoms with Gasteiger partial charge in [-0.1, -0.05) is 0 Å². The van der Waals surface area contributed by atoms with Crippen LogP contribution in [0.1, 0.15) is 29.6 Å². The molecule has 1 amide bonds. The zero-order valence-electron chi connectivity index (χ0n) is 11.8. The summed E-state index contributed by atoms with van der Waals surface area (Å²) >= 11 is 0. The molecule has 1 saturated heterocycles. The summed E-state index contributed by atoms with van der Waals surface area (Å²) in [5.74, 6) is -0.00550. The van der Waals surface area contributed by atoms with E-state index in [2.05, 4.69) is 10.6 Å². The number of hydrogen-bond acceptors (Lipinski definition) is 5. The molecule has 7 nitrogen and oxygen atoms in total. The number of carbonyl (C=O) groups is 1. The van der Waals surface area contributed by atoms with Crippen molar-refractivity contribution in [1.82, 2.24) is 5.32 Å². The number of nitrogens with zero attached hydrogens (tertiary/aromatic N) is 1. The van der Waals surface area contributed by atoms with Gasteiger partial charge in [0.1, 0.15) is 5.69 Å². The van der Waals surface area contributed by atoms with Crippen LogP contribution in [-0.2, 0) is 0 Å². The van der Waals surface area contributed by atoms with Crippen LogP contribution in [0.25, 0.3) is 0 Å². The third-order valence-electron chi connectivity index (χ3n) is 3.74. The molecule has 0 saturated carbocycles. The number of piperidine rings is 1. The molecule has 7 heteroatoms. The molecule has 1 atom stereocenters. The molecule has 0 aromatic heterocycles. The highest BCUT2D eigenvalue weighted by atomic mass is 16.6. The van der Waals surface area contributed by atoms with Crippen LogP contribution in [0.4, 0.5) is 11.4 Å². The Labute approximate surface area is 123 Å². The highest BCUT2D eigenvalue weighted by Gasteiger charge is 2.17. The summed E-state index contributed by atoms with van der Waals surface area (Å²) in [5.41, 5.74) is 5.78. The second-order valence-electron chi connectivity index (χ2n) is 5.28. The van der Waals surface area contributed by atoms with Crippen LogP contribution in [0, 0.1) is 16.0 Å². The first-order valence-corrected chi connectivity index (χ1v) is 7.10. The summed E-state index contributed by atoms with van der Waals surface area (Å²) in [4.78, 5) is 21.7. The Morgan fingerprint density at radius 1 is 1.52 bits per heavy atom. The Balaban J connectivity index is 2.00. The topological polar surface area (TPSA) is 110 Å². The molecule has 21 heavy (non-hydrogen) atoms. The molecule has 1 aliphatic rings. The van der Waals surface area contributed by atoms with E-state index < -0.39 is 10.8 Å². The van der Waals surface area contributed by atoms with Crippen molar-refractivity contribution in [3.05, 3.63) is 33.9 Å². The predicted molar refractivity (Wildman–Crippen MR) is 80.3 cm³/mol. The van der Waals surface area contributed by atoms with Crippen LogP contribution in [0.15, 0.2) is 18.2 Å². The zero-order chi connectivity index (χ0) is 15.2. The lowest BCUT2D eigenvalue weighted by Crippen LogP contribution is -2.30. The smallest absolute Gasteiger partial charge is 0.292 e. The van der Waals surface area contributed by atoms with E-state index in [-0.39, 0.29) is 11.3 Å². The second-order valence-corrected chi connectivity index (χ2v) is 5.28. The monoisotopic (exact) mass is 292 g/mol. The van der Waals surface area contributed by atoms with E-state index in [1.165, 1.54) is 31.0 Å². The van der Waals surface area contributed by atoms with Crippen molar-refractivity contribution in [2.45, 2.75) is 19.3 Å². The maximum Gasteiger partial charge on any atom is 0.292 e. The van der Waals surface area contributed by atoms with E-state index in [1.807, 2.05) is 0 Å². The number of rotatable bonds is 6. The first-order valence-electron chi connectivity index (χ1n) is 7.10. The van der Waals surface area contributed by atoms with E-state index in [0.29, 0.717) is 18.2 Å². The number of primary amides is 1. The molecule has 4 N–H and O–H groups in total. The molecule has 0 bridgehead atoms. The maximum absolute atomic E-state index is 11.2. The third kappa shape index (κ3) is 4.16. The maximum atomic E-state index is 11.2. The summed E-state index contributed by atoms with van der Waals surface area (Å²) < 4.78 is 0. The Bertz CT molecular complexity index is 527. The number of carbonyl (C=O) groups excluding carboxylic acids is 1. The summed E-state index contributed by atoms with van der Waals surface area (Å²) in [7, 11) is 0. The van der Waals surface area contributed by atoms with Crippen LogP contribution in [0.3, 0.4) is 0 Å². The molecule has 1 fully saturated rings. The van der Waals surface area contributed by atoms with E-state index >= 15 is 0 Å². The van der Waals surface area contributed by atoms with Crippen LogP contribution in [-0.4, -0.2) is 30.5 Å². The molecule has 0 spiro atoms. The van der Waals surface area contributed by atoms with Gasteiger partial charge in [0, 0.05) is 18.2 Å². The average molecular weight is 292 g/mol. The number of nitro groups is 1. The highest BCUT2D eigenvalue weighted by Crippen LogP contribution is 2.26. The van der Waals surface area contributed by atoms with Gasteiger partial charge in [0.05, 0.1) is 4.92 Å². The van der Waals surface area contributed by atoms with Crippen LogP contribution in [0.5, 0.6) is 0 Å². The van der Waals surface area contributed by atoms with Crippen molar-refractivity contribution in [1.29, 1.82) is 0 Å². The van der Waals surface area contributed by atoms with E-state index in [1.54, 1.807) is 0 Å². The number of nitrogens with two attached hydrogens (primary N) is 1. The Morgan fingerprint density at radius 3 is 2.95 bits per heavy atom. The molecule has 1 aliphatic heterocycles. The van der Waals surface area contributed by atoms with Crippen molar-refractivity contribution in [3.8, 4) is 0 Å². The van der Waals surface area contributed by atoms with Gasteiger partial charge in [-0.3, -0.25) is 14.9 Å². The minimum Gasteiger partial charge on any atom is -0.379 e. The van der Waals surface area contributed by atoms with Crippen molar-refractivity contribution in [2.24, 2.45) is 11.7 Å². The van der Waals surface area contributed by atoms with Gasteiger partial charge in [0.15, 0.2) is 0 Å². The lowest BCUT2D eigenvalue weighted by atomic mass is 9.96. The van der Waals surface area contributed by atoms with Crippen LogP contribution < -0.4 is 16.4 Å². The summed E-state index contributed by atoms with van der Waals surface area (Å²) in [6, 6.07) is 4.13. The number of benzene rings is 1. The molecular weight excluding hydrogens is 272 g/mol. The van der Waals surface area contributed by atoms with Gasteiger partial charge in [0.2, 0.25) is 5.91 Å². The van der Waals surface area contributed by atoms with Gasteiger partial charge >= 0.3 is 0 Å². The standard InChI is InChI=1S/C14H20N4O3/c15-14(19)11-3-4-13(18(20)21)12(8-11)17-7-5-10-2-1-6-16-9-10/h3-4,8,10,16-17H,1-2,5-7,9H2,(H2,15,19). The summed E-state index contributed by atoms with van der Waals surface area (Å²) in [6.45, 7) is 2.69. The molecule has 1 unspecified atom stereocenters. The Hall–Kier alpha value is -2.15. The van der Waals surface area contributed by atoms with Crippen molar-refractivity contribution in [2.75, 3.05) is 25.0 Å². The SMILES string of the molecule is NC(=O)c1ccc([N+](=O)[O-])c(NCCC2CCCNC2)c1. The van der Waals surface area contributed by atoms with Crippen LogP contribution in [0.2, 0.25) is 0 Å². The third-order valence-corrected chi connectivity index (χ3v) is 3.74. The van der Waals surface area contributed by atoms with Crippen molar-refractivity contribution < 1.29 is 9.72 Å². The number of hydrogen-bond donors (Lipinski definition) is 3. The normalized spacial score (nSPS) is 18.2. The molecule has 1 aromatic rings. The molecule has 114 valence electrons. The molecule has 0 radical (unpaired) electrons. The fourth-order valence-electron chi connectivity index (χ4n) is 2.57. The first-order chi connectivity index (χ1) is 10.1. The van der Waals surface area contributed by atoms with E-state index in [4.69, 9.17) is 5.73 Å². The Kier molecular flexibility index (Phi) is 5.10. The fraction of sp³-hybridized carbons (Fsp3) is 0.500. The van der Waals surface area contributed by atoms with Gasteiger partial charge in [-0.15, -0.1) is 0 Å². The highest BCUT2D eigenvalue weighted by molar-refractivity contribution is 5.94. The van der Waals surface area contributed by atoms with Crippen molar-refractivity contribution in [3.63, 3.8) is 0 Å². The van der Waals surface area contributed by atoms with Crippen LogP contribution >= 0.6 is 0 Å². The van der Waals surface area contributed by atoms with Crippen molar-refractivity contribution >= 4 is 17.3 Å². The Morgan fingerprint density at radius 2 is 2.33 bits per heavy atom. The van der Waals surface area contributed by atoms with Gasteiger partial charge in [0.25, 0.3) is 5.69 Å². The van der Waals surface area contributed by atoms with E-state index in [0.717, 1.165) is 19.5 Å². The average Bonchev–Trinajstić information content (AvgIpc) is 2.48. The zero-order valence-corrected chi connectivity index (χ0v) is 11.8. The second kappa shape index (κ2) is 7.03. The van der Waals surface area contributed by atoms with Gasteiger partial charge in [-0.2, -0.15) is 0 Å². The molecule has 0 aliphatic carbocycles. The molecule has 1 aromatic carbocycles. The number of amides is 1. The summed E-state index contributed by atoms with van der Waals surface area (Å²) in [6.07, 6.45) is 3.28. The van der Waals surface area contributed by atoms with Gasteiger partial charge in [-0.25, -0.2) is 0 Å². The predicted octanol–water partition coefficient (Wildman–Crippen LogP) is 1.50. The summed E-state index contributed by atoms with van der Waals surface area (Å²) in [5, 5.41) is 17.4. The quantitative estimate of drug-likeness (QED) is 0.543.